The SMILES string of the molecule is Cc1nn(C)c(C2CCCN2)c1-c1ccncc1. The van der Waals surface area contributed by atoms with Crippen molar-refractivity contribution in [3.8, 4) is 11.1 Å². The molecular weight excluding hydrogens is 224 g/mol. The van der Waals surface area contributed by atoms with Gasteiger partial charge < -0.3 is 5.32 Å². The van der Waals surface area contributed by atoms with E-state index in [2.05, 4.69) is 34.5 Å². The molecule has 0 saturated carbocycles. The minimum Gasteiger partial charge on any atom is -0.309 e. The standard InChI is InChI=1S/C14H18N4/c1-10-13(11-5-8-15-9-6-11)14(18(2)17-10)12-4-3-7-16-12/h5-6,8-9,12,16H,3-4,7H2,1-2H3. The summed E-state index contributed by atoms with van der Waals surface area (Å²) in [6, 6.07) is 4.55. The monoisotopic (exact) mass is 242 g/mol. The number of hydrogen-bond acceptors (Lipinski definition) is 3. The van der Waals surface area contributed by atoms with Gasteiger partial charge in [0.15, 0.2) is 0 Å². The third-order valence-electron chi connectivity index (χ3n) is 3.63. The fourth-order valence-electron chi connectivity index (χ4n) is 2.87. The maximum absolute atomic E-state index is 4.59. The molecule has 3 heterocycles. The predicted octanol–water partition coefficient (Wildman–Crippen LogP) is 2.22. The van der Waals surface area contributed by atoms with Crippen molar-refractivity contribution >= 4 is 0 Å². The molecule has 18 heavy (non-hydrogen) atoms. The highest BCUT2D eigenvalue weighted by Gasteiger charge is 2.25. The Balaban J connectivity index is 2.13. The molecule has 2 aromatic rings. The zero-order valence-electron chi connectivity index (χ0n) is 10.8. The van der Waals surface area contributed by atoms with Crippen molar-refractivity contribution in [1.82, 2.24) is 20.1 Å². The summed E-state index contributed by atoms with van der Waals surface area (Å²) in [4.78, 5) is 4.09. The van der Waals surface area contributed by atoms with E-state index in [0.717, 1.165) is 12.2 Å². The highest BCUT2D eigenvalue weighted by atomic mass is 15.3. The summed E-state index contributed by atoms with van der Waals surface area (Å²) in [5, 5.41) is 8.15. The number of pyridine rings is 1. The summed E-state index contributed by atoms with van der Waals surface area (Å²) in [7, 11) is 2.03. The summed E-state index contributed by atoms with van der Waals surface area (Å²) in [5.41, 5.74) is 4.86. The van der Waals surface area contributed by atoms with E-state index in [1.807, 2.05) is 24.1 Å². The molecule has 4 nitrogen and oxygen atoms in total. The fourth-order valence-corrected chi connectivity index (χ4v) is 2.87. The molecule has 1 fully saturated rings. The number of aryl methyl sites for hydroxylation is 2. The van der Waals surface area contributed by atoms with Gasteiger partial charge >= 0.3 is 0 Å². The van der Waals surface area contributed by atoms with Gasteiger partial charge in [0.25, 0.3) is 0 Å². The average molecular weight is 242 g/mol. The predicted molar refractivity (Wildman–Crippen MR) is 71.2 cm³/mol. The number of hydrogen-bond donors (Lipinski definition) is 1. The number of aromatic nitrogens is 3. The molecule has 1 N–H and O–H groups in total. The second kappa shape index (κ2) is 4.53. The molecule has 1 atom stereocenters. The number of rotatable bonds is 2. The number of nitrogens with zero attached hydrogens (tertiary/aromatic N) is 3. The van der Waals surface area contributed by atoms with Crippen molar-refractivity contribution in [1.29, 1.82) is 0 Å². The molecule has 2 aromatic heterocycles. The number of nitrogens with one attached hydrogen (secondary N) is 1. The molecule has 1 saturated heterocycles. The zero-order valence-corrected chi connectivity index (χ0v) is 10.8. The molecular formula is C14H18N4. The van der Waals surface area contributed by atoms with Crippen LogP contribution in [0.4, 0.5) is 0 Å². The summed E-state index contributed by atoms with van der Waals surface area (Å²) in [6.07, 6.45) is 6.11. The van der Waals surface area contributed by atoms with Crippen LogP contribution in [0.2, 0.25) is 0 Å². The van der Waals surface area contributed by atoms with Gasteiger partial charge in [0, 0.05) is 31.0 Å². The van der Waals surface area contributed by atoms with Crippen molar-refractivity contribution in [2.45, 2.75) is 25.8 Å². The second-order valence-electron chi connectivity index (χ2n) is 4.85. The summed E-state index contributed by atoms with van der Waals surface area (Å²) in [6.45, 7) is 3.18. The highest BCUT2D eigenvalue weighted by Crippen LogP contribution is 2.34. The molecule has 1 aliphatic rings. The molecule has 0 aromatic carbocycles. The van der Waals surface area contributed by atoms with Crippen LogP contribution >= 0.6 is 0 Å². The van der Waals surface area contributed by atoms with Crippen molar-refractivity contribution in [3.05, 3.63) is 35.9 Å². The van der Waals surface area contributed by atoms with Gasteiger partial charge in [-0.2, -0.15) is 5.10 Å². The lowest BCUT2D eigenvalue weighted by molar-refractivity contribution is 0.574. The lowest BCUT2D eigenvalue weighted by Gasteiger charge is -2.14. The first-order valence-corrected chi connectivity index (χ1v) is 6.44. The van der Waals surface area contributed by atoms with Crippen molar-refractivity contribution < 1.29 is 0 Å². The molecule has 1 unspecified atom stereocenters. The normalized spacial score (nSPS) is 19.3. The smallest absolute Gasteiger partial charge is 0.0675 e. The van der Waals surface area contributed by atoms with Gasteiger partial charge in [0.2, 0.25) is 0 Å². The first-order chi connectivity index (χ1) is 8.77. The molecule has 0 radical (unpaired) electrons. The van der Waals surface area contributed by atoms with E-state index in [4.69, 9.17) is 0 Å². The maximum atomic E-state index is 4.59. The largest absolute Gasteiger partial charge is 0.309 e. The Morgan fingerprint density at radius 3 is 2.78 bits per heavy atom. The highest BCUT2D eigenvalue weighted by molar-refractivity contribution is 5.68. The third-order valence-corrected chi connectivity index (χ3v) is 3.63. The molecule has 0 bridgehead atoms. The lowest BCUT2D eigenvalue weighted by atomic mass is 9.99. The molecule has 94 valence electrons. The Labute approximate surface area is 107 Å². The second-order valence-corrected chi connectivity index (χ2v) is 4.85. The van der Waals surface area contributed by atoms with Gasteiger partial charge in [0.1, 0.15) is 0 Å². The van der Waals surface area contributed by atoms with Gasteiger partial charge in [-0.1, -0.05) is 0 Å². The average Bonchev–Trinajstić information content (AvgIpc) is 2.97. The van der Waals surface area contributed by atoms with Crippen LogP contribution in [0.25, 0.3) is 11.1 Å². The Hall–Kier alpha value is -1.68. The van der Waals surface area contributed by atoms with Gasteiger partial charge in [-0.25, -0.2) is 0 Å². The molecule has 3 rings (SSSR count). The molecule has 0 amide bonds. The summed E-state index contributed by atoms with van der Waals surface area (Å²) < 4.78 is 2.02. The maximum Gasteiger partial charge on any atom is 0.0675 e. The van der Waals surface area contributed by atoms with Gasteiger partial charge in [-0.15, -0.1) is 0 Å². The van der Waals surface area contributed by atoms with Crippen molar-refractivity contribution in [2.75, 3.05) is 6.54 Å². The van der Waals surface area contributed by atoms with Crippen LogP contribution in [0.15, 0.2) is 24.5 Å². The van der Waals surface area contributed by atoms with Crippen LogP contribution in [0.1, 0.15) is 30.3 Å². The van der Waals surface area contributed by atoms with E-state index in [9.17, 15) is 0 Å². The minimum absolute atomic E-state index is 0.430. The van der Waals surface area contributed by atoms with Gasteiger partial charge in [-0.05, 0) is 44.0 Å². The van der Waals surface area contributed by atoms with E-state index in [0.29, 0.717) is 6.04 Å². The lowest BCUT2D eigenvalue weighted by Crippen LogP contribution is -2.17. The van der Waals surface area contributed by atoms with Crippen LogP contribution in [-0.4, -0.2) is 21.3 Å². The van der Waals surface area contributed by atoms with Crippen LogP contribution in [0, 0.1) is 6.92 Å². The Morgan fingerprint density at radius 2 is 2.11 bits per heavy atom. The fraction of sp³-hybridized carbons (Fsp3) is 0.429. The van der Waals surface area contributed by atoms with Crippen molar-refractivity contribution in [2.24, 2.45) is 7.05 Å². The van der Waals surface area contributed by atoms with Crippen molar-refractivity contribution in [3.63, 3.8) is 0 Å². The molecule has 4 heteroatoms. The topological polar surface area (TPSA) is 42.7 Å². The van der Waals surface area contributed by atoms with E-state index < -0.39 is 0 Å². The molecule has 1 aliphatic heterocycles. The molecule has 0 spiro atoms. The van der Waals surface area contributed by atoms with Crippen LogP contribution in [-0.2, 0) is 7.05 Å². The van der Waals surface area contributed by atoms with E-state index in [1.165, 1.54) is 29.7 Å². The Morgan fingerprint density at radius 1 is 1.33 bits per heavy atom. The molecule has 0 aliphatic carbocycles. The quantitative estimate of drug-likeness (QED) is 0.878. The zero-order chi connectivity index (χ0) is 12.5. The van der Waals surface area contributed by atoms with Gasteiger partial charge in [-0.3, -0.25) is 9.67 Å². The first-order valence-electron chi connectivity index (χ1n) is 6.44. The van der Waals surface area contributed by atoms with Crippen LogP contribution in [0.3, 0.4) is 0 Å². The summed E-state index contributed by atoms with van der Waals surface area (Å²) >= 11 is 0. The van der Waals surface area contributed by atoms with Gasteiger partial charge in [0.05, 0.1) is 11.4 Å². The van der Waals surface area contributed by atoms with Crippen LogP contribution in [0.5, 0.6) is 0 Å². The van der Waals surface area contributed by atoms with E-state index in [-0.39, 0.29) is 0 Å². The minimum atomic E-state index is 0.430. The Kier molecular flexibility index (Phi) is 2.88. The first kappa shape index (κ1) is 11.4. The Bertz CT molecular complexity index is 538. The third kappa shape index (κ3) is 1.82. The van der Waals surface area contributed by atoms with E-state index >= 15 is 0 Å². The summed E-state index contributed by atoms with van der Waals surface area (Å²) in [5.74, 6) is 0. The van der Waals surface area contributed by atoms with Crippen LogP contribution < -0.4 is 5.32 Å². The van der Waals surface area contributed by atoms with E-state index in [1.54, 1.807) is 0 Å².